The number of halogens is 1. The molecule has 27 heavy (non-hydrogen) atoms. The highest BCUT2D eigenvalue weighted by atomic mass is 19.1. The van der Waals surface area contributed by atoms with Gasteiger partial charge in [0.2, 0.25) is 0 Å². The van der Waals surface area contributed by atoms with Gasteiger partial charge < -0.3 is 5.32 Å². The van der Waals surface area contributed by atoms with Crippen LogP contribution in [0.1, 0.15) is 36.0 Å². The molecule has 0 spiro atoms. The Kier molecular flexibility index (Phi) is 4.33. The maximum Gasteiger partial charge on any atom is 0.253 e. The number of rotatable bonds is 3. The van der Waals surface area contributed by atoms with Gasteiger partial charge in [-0.3, -0.25) is 4.79 Å². The van der Waals surface area contributed by atoms with E-state index in [-0.39, 0.29) is 5.91 Å². The Balaban J connectivity index is 1.83. The molecular formula is C22H18FN3O. The molecule has 1 N–H and O–H groups in total. The minimum absolute atomic E-state index is 0.324. The van der Waals surface area contributed by atoms with E-state index in [1.807, 2.05) is 30.3 Å². The van der Waals surface area contributed by atoms with E-state index in [9.17, 15) is 14.4 Å². The van der Waals surface area contributed by atoms with Crippen LogP contribution in [0.5, 0.6) is 0 Å². The van der Waals surface area contributed by atoms with Crippen LogP contribution in [0, 0.1) is 17.1 Å². The molecule has 0 unspecified atom stereocenters. The molecule has 0 bridgehead atoms. The molecule has 1 heterocycles. The number of amides is 1. The van der Waals surface area contributed by atoms with Crippen LogP contribution >= 0.6 is 0 Å². The lowest BCUT2D eigenvalue weighted by Crippen LogP contribution is -2.45. The zero-order valence-corrected chi connectivity index (χ0v) is 14.7. The van der Waals surface area contributed by atoms with E-state index in [1.165, 1.54) is 12.1 Å². The lowest BCUT2D eigenvalue weighted by molar-refractivity contribution is 0.0922. The first-order chi connectivity index (χ1) is 13.1. The zero-order chi connectivity index (χ0) is 18.9. The van der Waals surface area contributed by atoms with Crippen molar-refractivity contribution in [3.63, 3.8) is 0 Å². The topological polar surface area (TPSA) is 65.8 Å². The average molecular weight is 359 g/mol. The Bertz CT molecular complexity index is 1050. The van der Waals surface area contributed by atoms with Gasteiger partial charge in [0.15, 0.2) is 0 Å². The second-order valence-electron chi connectivity index (χ2n) is 6.94. The van der Waals surface area contributed by atoms with Crippen LogP contribution in [-0.2, 0) is 0 Å². The highest BCUT2D eigenvalue weighted by molar-refractivity contribution is 6.07. The average Bonchev–Trinajstić information content (AvgIpc) is 3.16. The van der Waals surface area contributed by atoms with Crippen LogP contribution in [-0.4, -0.2) is 16.4 Å². The van der Waals surface area contributed by atoms with Crippen LogP contribution in [0.15, 0.2) is 54.6 Å². The number of nitriles is 1. The molecule has 0 saturated heterocycles. The van der Waals surface area contributed by atoms with Gasteiger partial charge >= 0.3 is 0 Å². The Morgan fingerprint density at radius 3 is 2.56 bits per heavy atom. The van der Waals surface area contributed by atoms with Crippen LogP contribution < -0.4 is 5.32 Å². The molecule has 4 nitrogen and oxygen atoms in total. The largest absolute Gasteiger partial charge is 0.334 e. The van der Waals surface area contributed by atoms with Gasteiger partial charge in [0.05, 0.1) is 22.8 Å². The summed E-state index contributed by atoms with van der Waals surface area (Å²) >= 11 is 0. The highest BCUT2D eigenvalue weighted by Gasteiger charge is 2.36. The summed E-state index contributed by atoms with van der Waals surface area (Å²) in [6, 6.07) is 17.6. The molecular weight excluding hydrogens is 341 g/mol. The predicted molar refractivity (Wildman–Crippen MR) is 101 cm³/mol. The highest BCUT2D eigenvalue weighted by Crippen LogP contribution is 2.31. The van der Waals surface area contributed by atoms with E-state index < -0.39 is 11.4 Å². The summed E-state index contributed by atoms with van der Waals surface area (Å²) in [6.07, 6.45) is 3.15. The van der Waals surface area contributed by atoms with E-state index in [0.29, 0.717) is 35.0 Å². The number of nitrogens with one attached hydrogen (secondary N) is 1. The molecule has 1 aliphatic rings. The summed E-state index contributed by atoms with van der Waals surface area (Å²) in [7, 11) is 0. The standard InChI is InChI=1S/C22H18FN3O/c23-16-8-9-17-18(21(27)26-22(14-24)10-4-5-11-22)13-19(25-20(17)12-16)15-6-2-1-3-7-15/h1-3,6-9,12-13H,4-5,10-11H2,(H,26,27). The molecule has 1 fully saturated rings. The number of nitrogens with zero attached hydrogens (tertiary/aromatic N) is 2. The zero-order valence-electron chi connectivity index (χ0n) is 14.7. The lowest BCUT2D eigenvalue weighted by Gasteiger charge is -2.22. The Labute approximate surface area is 156 Å². The van der Waals surface area contributed by atoms with Crippen molar-refractivity contribution < 1.29 is 9.18 Å². The lowest BCUT2D eigenvalue weighted by atomic mass is 9.97. The third kappa shape index (κ3) is 3.26. The molecule has 0 aliphatic heterocycles. The SMILES string of the molecule is N#CC1(NC(=O)c2cc(-c3ccccc3)nc3cc(F)ccc23)CCCC1. The molecule has 1 aromatic heterocycles. The van der Waals surface area contributed by atoms with Crippen LogP contribution in [0.2, 0.25) is 0 Å². The Morgan fingerprint density at radius 2 is 1.85 bits per heavy atom. The third-order valence-electron chi connectivity index (χ3n) is 5.11. The smallest absolute Gasteiger partial charge is 0.253 e. The number of carbonyl (C=O) groups excluding carboxylic acids is 1. The van der Waals surface area contributed by atoms with Crippen LogP contribution in [0.4, 0.5) is 4.39 Å². The Morgan fingerprint density at radius 1 is 1.11 bits per heavy atom. The van der Waals surface area contributed by atoms with E-state index in [1.54, 1.807) is 12.1 Å². The first-order valence-electron chi connectivity index (χ1n) is 9.00. The summed E-state index contributed by atoms with van der Waals surface area (Å²) in [6.45, 7) is 0. The van der Waals surface area contributed by atoms with E-state index >= 15 is 0 Å². The molecule has 2 aromatic carbocycles. The first-order valence-corrected chi connectivity index (χ1v) is 9.00. The predicted octanol–water partition coefficient (Wildman–Crippen LogP) is 4.61. The molecule has 1 amide bonds. The van der Waals surface area contributed by atoms with Crippen molar-refractivity contribution in [3.8, 4) is 17.3 Å². The monoisotopic (exact) mass is 359 g/mol. The summed E-state index contributed by atoms with van der Waals surface area (Å²) in [5.41, 5.74) is 1.43. The van der Waals surface area contributed by atoms with Crippen LogP contribution in [0.25, 0.3) is 22.2 Å². The fraction of sp³-hybridized carbons (Fsp3) is 0.227. The number of aromatic nitrogens is 1. The minimum Gasteiger partial charge on any atom is -0.334 e. The third-order valence-corrected chi connectivity index (χ3v) is 5.11. The molecule has 134 valence electrons. The van der Waals surface area contributed by atoms with Crippen molar-refractivity contribution in [2.24, 2.45) is 0 Å². The maximum absolute atomic E-state index is 13.8. The Hall–Kier alpha value is -3.26. The van der Waals surface area contributed by atoms with Gasteiger partial charge in [0.25, 0.3) is 5.91 Å². The summed E-state index contributed by atoms with van der Waals surface area (Å²) in [4.78, 5) is 17.6. The number of hydrogen-bond acceptors (Lipinski definition) is 3. The number of fused-ring (bicyclic) bond motifs is 1. The molecule has 3 aromatic rings. The molecule has 4 rings (SSSR count). The maximum atomic E-state index is 13.8. The van der Waals surface area contributed by atoms with Crippen molar-refractivity contribution in [1.29, 1.82) is 5.26 Å². The molecule has 0 radical (unpaired) electrons. The quantitative estimate of drug-likeness (QED) is 0.743. The van der Waals surface area contributed by atoms with E-state index in [0.717, 1.165) is 18.4 Å². The number of carbonyl (C=O) groups is 1. The molecule has 1 saturated carbocycles. The normalized spacial score (nSPS) is 15.4. The number of benzene rings is 2. The first kappa shape index (κ1) is 17.2. The van der Waals surface area contributed by atoms with Crippen LogP contribution in [0.3, 0.4) is 0 Å². The molecule has 0 atom stereocenters. The van der Waals surface area contributed by atoms with Gasteiger partial charge in [-0.15, -0.1) is 0 Å². The summed E-state index contributed by atoms with van der Waals surface area (Å²) < 4.78 is 13.8. The van der Waals surface area contributed by atoms with Gasteiger partial charge in [0.1, 0.15) is 11.4 Å². The van der Waals surface area contributed by atoms with E-state index in [4.69, 9.17) is 0 Å². The second kappa shape index (κ2) is 6.81. The van der Waals surface area contributed by atoms with Gasteiger partial charge in [-0.05, 0) is 43.9 Å². The van der Waals surface area contributed by atoms with Gasteiger partial charge in [-0.1, -0.05) is 30.3 Å². The molecule has 1 aliphatic carbocycles. The van der Waals surface area contributed by atoms with Crippen molar-refractivity contribution in [3.05, 3.63) is 66.0 Å². The van der Waals surface area contributed by atoms with E-state index in [2.05, 4.69) is 16.4 Å². The second-order valence-corrected chi connectivity index (χ2v) is 6.94. The number of pyridine rings is 1. The van der Waals surface area contributed by atoms with Crippen molar-refractivity contribution in [2.75, 3.05) is 0 Å². The van der Waals surface area contributed by atoms with Gasteiger partial charge in [-0.25, -0.2) is 9.37 Å². The van der Waals surface area contributed by atoms with Gasteiger partial charge in [-0.2, -0.15) is 5.26 Å². The summed E-state index contributed by atoms with van der Waals surface area (Å²) in [5, 5.41) is 13.1. The fourth-order valence-corrected chi connectivity index (χ4v) is 3.67. The summed E-state index contributed by atoms with van der Waals surface area (Å²) in [5.74, 6) is -0.731. The number of hydrogen-bond donors (Lipinski definition) is 1. The van der Waals surface area contributed by atoms with Gasteiger partial charge in [0, 0.05) is 17.0 Å². The van der Waals surface area contributed by atoms with Crippen molar-refractivity contribution in [1.82, 2.24) is 10.3 Å². The fourth-order valence-electron chi connectivity index (χ4n) is 3.67. The van der Waals surface area contributed by atoms with Crippen molar-refractivity contribution in [2.45, 2.75) is 31.2 Å². The molecule has 5 heteroatoms. The van der Waals surface area contributed by atoms with Crippen molar-refractivity contribution >= 4 is 16.8 Å². The minimum atomic E-state index is -0.820.